The fourth-order valence-electron chi connectivity index (χ4n) is 6.00. The minimum absolute atomic E-state index is 0.0147. The third-order valence-corrected chi connectivity index (χ3v) is 10.7. The number of ether oxygens (including phenoxy) is 1. The molecule has 292 valence electrons. The Hall–Kier alpha value is -5.65. The smallest absolute Gasteiger partial charge is 0.417 e. The van der Waals surface area contributed by atoms with Crippen molar-refractivity contribution >= 4 is 74.1 Å². The lowest BCUT2D eigenvalue weighted by Crippen LogP contribution is -2.54. The minimum Gasteiger partial charge on any atom is -0.455 e. The van der Waals surface area contributed by atoms with Crippen molar-refractivity contribution in [2.75, 3.05) is 23.1 Å². The van der Waals surface area contributed by atoms with Gasteiger partial charge in [-0.2, -0.15) is 13.2 Å². The van der Waals surface area contributed by atoms with E-state index >= 15 is 0 Å². The molecule has 0 saturated carbocycles. The van der Waals surface area contributed by atoms with Crippen LogP contribution in [0.3, 0.4) is 0 Å². The van der Waals surface area contributed by atoms with Crippen molar-refractivity contribution in [2.45, 2.75) is 42.8 Å². The van der Waals surface area contributed by atoms with Gasteiger partial charge in [-0.3, -0.25) is 38.9 Å². The first-order chi connectivity index (χ1) is 26.5. The van der Waals surface area contributed by atoms with Gasteiger partial charge in [-0.05, 0) is 92.1 Å². The van der Waals surface area contributed by atoms with Crippen molar-refractivity contribution in [3.8, 4) is 11.5 Å². The molecule has 1 saturated heterocycles. The van der Waals surface area contributed by atoms with Crippen LogP contribution in [0, 0.1) is 0 Å². The number of halogens is 5. The standard InChI is InChI=1S/C37H30Cl2F3N5O8S/c38-21-8-14-30(28(18-21)46-56(53,54)23-11-12-26(39)25(19-23)37(40,41)42)55-22-9-6-20(7-10-22)33(49)44-17-2-1-16-43-27-5-3-4-24-32(27)36(52)47(35(24)51)29-13-15-31(48)45-34(29)50/h3-12,14,18-19,29,43,46H,1-2,13,15-17H2,(H,44,49)(H,45,48,50). The number of carbonyl (C=O) groups excluding carboxylic acids is 5. The van der Waals surface area contributed by atoms with Crippen LogP contribution in [0.1, 0.15) is 62.3 Å². The maximum Gasteiger partial charge on any atom is 0.417 e. The number of fused-ring (bicyclic) bond motifs is 1. The Morgan fingerprint density at radius 2 is 1.62 bits per heavy atom. The van der Waals surface area contributed by atoms with Crippen LogP contribution in [0.25, 0.3) is 0 Å². The minimum atomic E-state index is -4.89. The van der Waals surface area contributed by atoms with Crippen molar-refractivity contribution in [2.24, 2.45) is 0 Å². The van der Waals surface area contributed by atoms with Crippen LogP contribution in [0.4, 0.5) is 24.5 Å². The molecule has 4 aromatic rings. The number of hydrogen-bond acceptors (Lipinski definition) is 9. The number of rotatable bonds is 13. The predicted octanol–water partition coefficient (Wildman–Crippen LogP) is 6.63. The van der Waals surface area contributed by atoms with Gasteiger partial charge in [0.2, 0.25) is 11.8 Å². The molecule has 2 heterocycles. The number of anilines is 2. The first-order valence-electron chi connectivity index (χ1n) is 16.9. The van der Waals surface area contributed by atoms with Gasteiger partial charge in [0.05, 0.1) is 32.3 Å². The zero-order valence-corrected chi connectivity index (χ0v) is 31.2. The molecule has 0 radical (unpaired) electrons. The van der Waals surface area contributed by atoms with Gasteiger partial charge in [-0.15, -0.1) is 0 Å². The number of piperidine rings is 1. The molecule has 1 fully saturated rings. The number of alkyl halides is 3. The van der Waals surface area contributed by atoms with Crippen LogP contribution in [-0.2, 0) is 25.8 Å². The molecule has 4 aromatic carbocycles. The van der Waals surface area contributed by atoms with E-state index in [-0.39, 0.29) is 52.1 Å². The molecular formula is C37H30Cl2F3N5O8S. The number of hydrogen-bond donors (Lipinski definition) is 4. The molecule has 1 unspecified atom stereocenters. The summed E-state index contributed by atoms with van der Waals surface area (Å²) >= 11 is 11.7. The summed E-state index contributed by atoms with van der Waals surface area (Å²) in [6.07, 6.45) is -3.70. The highest BCUT2D eigenvalue weighted by molar-refractivity contribution is 7.92. The molecule has 6 rings (SSSR count). The van der Waals surface area contributed by atoms with Gasteiger partial charge in [0.1, 0.15) is 11.8 Å². The van der Waals surface area contributed by atoms with Gasteiger partial charge in [-0.25, -0.2) is 8.42 Å². The normalized spacial score (nSPS) is 15.7. The van der Waals surface area contributed by atoms with Crippen LogP contribution >= 0.6 is 23.2 Å². The third kappa shape index (κ3) is 8.74. The fourth-order valence-corrected chi connectivity index (χ4v) is 7.49. The summed E-state index contributed by atoms with van der Waals surface area (Å²) in [7, 11) is -4.56. The van der Waals surface area contributed by atoms with Crippen molar-refractivity contribution < 1.29 is 50.3 Å². The van der Waals surface area contributed by atoms with Gasteiger partial charge < -0.3 is 15.4 Å². The molecule has 2 aliphatic heterocycles. The molecule has 56 heavy (non-hydrogen) atoms. The monoisotopic (exact) mass is 831 g/mol. The van der Waals surface area contributed by atoms with E-state index in [2.05, 4.69) is 20.7 Å². The van der Waals surface area contributed by atoms with Gasteiger partial charge in [0, 0.05) is 35.8 Å². The Kier molecular flexibility index (Phi) is 11.6. The van der Waals surface area contributed by atoms with E-state index in [1.54, 1.807) is 12.1 Å². The van der Waals surface area contributed by atoms with Crippen molar-refractivity contribution in [1.82, 2.24) is 15.5 Å². The lowest BCUT2D eigenvalue weighted by molar-refractivity contribution is -0.138. The number of nitrogens with zero attached hydrogens (tertiary/aromatic N) is 1. The molecule has 1 atom stereocenters. The van der Waals surface area contributed by atoms with Gasteiger partial charge in [0.25, 0.3) is 27.7 Å². The Morgan fingerprint density at radius 3 is 2.34 bits per heavy atom. The van der Waals surface area contributed by atoms with Crippen molar-refractivity contribution in [3.05, 3.63) is 111 Å². The maximum atomic E-state index is 13.4. The quantitative estimate of drug-likeness (QED) is 0.0850. The maximum absolute atomic E-state index is 13.4. The number of carbonyl (C=O) groups is 5. The third-order valence-electron chi connectivity index (χ3n) is 8.76. The highest BCUT2D eigenvalue weighted by Gasteiger charge is 2.45. The van der Waals surface area contributed by atoms with Gasteiger partial charge in [0.15, 0.2) is 5.75 Å². The summed E-state index contributed by atoms with van der Waals surface area (Å²) in [4.78, 5) is 63.2. The second-order valence-electron chi connectivity index (χ2n) is 12.6. The summed E-state index contributed by atoms with van der Waals surface area (Å²) in [6.45, 7) is 0.702. The lowest BCUT2D eigenvalue weighted by atomic mass is 10.0. The van der Waals surface area contributed by atoms with Crippen LogP contribution in [-0.4, -0.2) is 62.0 Å². The fraction of sp³-hybridized carbons (Fsp3) is 0.216. The van der Waals surface area contributed by atoms with E-state index in [4.69, 9.17) is 27.9 Å². The SMILES string of the molecule is O=C1CCC(N2C(=O)c3cccc(NCCCCNC(=O)c4ccc(Oc5ccc(Cl)cc5NS(=O)(=O)c5ccc(Cl)c(C(F)(F)F)c5)cc4)c3C2=O)C(=O)N1. The first-order valence-corrected chi connectivity index (χ1v) is 19.1. The van der Waals surface area contributed by atoms with Crippen LogP contribution in [0.15, 0.2) is 83.8 Å². The lowest BCUT2D eigenvalue weighted by Gasteiger charge is -2.27. The second kappa shape index (κ2) is 16.2. The molecular weight excluding hydrogens is 802 g/mol. The van der Waals surface area contributed by atoms with Crippen LogP contribution < -0.4 is 25.4 Å². The number of sulfonamides is 1. The van der Waals surface area contributed by atoms with Gasteiger partial charge >= 0.3 is 6.18 Å². The highest BCUT2D eigenvalue weighted by Crippen LogP contribution is 2.38. The topological polar surface area (TPSA) is 180 Å². The Balaban J connectivity index is 1.00. The number of amides is 5. The van der Waals surface area contributed by atoms with Crippen molar-refractivity contribution in [1.29, 1.82) is 0 Å². The van der Waals surface area contributed by atoms with E-state index in [0.29, 0.717) is 43.2 Å². The molecule has 4 N–H and O–H groups in total. The first kappa shape index (κ1) is 40.0. The largest absolute Gasteiger partial charge is 0.455 e. The molecule has 0 aromatic heterocycles. The van der Waals surface area contributed by atoms with E-state index in [1.165, 1.54) is 48.5 Å². The summed E-state index contributed by atoms with van der Waals surface area (Å²) in [6, 6.07) is 15.8. The van der Waals surface area contributed by atoms with E-state index in [0.717, 1.165) is 17.0 Å². The van der Waals surface area contributed by atoms with Gasteiger partial charge in [-0.1, -0.05) is 29.3 Å². The molecule has 5 amide bonds. The molecule has 19 heteroatoms. The summed E-state index contributed by atoms with van der Waals surface area (Å²) in [5, 5.41) is 7.56. The molecule has 0 bridgehead atoms. The van der Waals surface area contributed by atoms with Crippen molar-refractivity contribution in [3.63, 3.8) is 0 Å². The molecule has 13 nitrogen and oxygen atoms in total. The van der Waals surface area contributed by atoms with E-state index in [9.17, 15) is 45.6 Å². The summed E-state index contributed by atoms with van der Waals surface area (Å²) in [5.74, 6) is -2.59. The molecule has 0 aliphatic carbocycles. The summed E-state index contributed by atoms with van der Waals surface area (Å²) < 4.78 is 74.3. The highest BCUT2D eigenvalue weighted by atomic mass is 35.5. The number of benzene rings is 4. The Labute approximate surface area is 327 Å². The summed E-state index contributed by atoms with van der Waals surface area (Å²) in [5.41, 5.74) is -0.462. The predicted molar refractivity (Wildman–Crippen MR) is 198 cm³/mol. The Bertz CT molecular complexity index is 2360. The van der Waals surface area contributed by atoms with E-state index in [1.807, 2.05) is 0 Å². The number of imide groups is 2. The average molecular weight is 833 g/mol. The van der Waals surface area contributed by atoms with Crippen LogP contribution in [0.2, 0.25) is 10.0 Å². The van der Waals surface area contributed by atoms with E-state index < -0.39 is 61.4 Å². The number of unbranched alkanes of at least 4 members (excludes halogenated alkanes) is 1. The van der Waals surface area contributed by atoms with Crippen LogP contribution in [0.5, 0.6) is 11.5 Å². The average Bonchev–Trinajstić information content (AvgIpc) is 3.39. The number of nitrogens with one attached hydrogen (secondary N) is 4. The second-order valence-corrected chi connectivity index (χ2v) is 15.1. The zero-order chi connectivity index (χ0) is 40.4. The zero-order valence-electron chi connectivity index (χ0n) is 28.8. The molecule has 2 aliphatic rings. The molecule has 0 spiro atoms. The Morgan fingerprint density at radius 1 is 0.893 bits per heavy atom.